The van der Waals surface area contributed by atoms with E-state index in [9.17, 15) is 9.59 Å². The Bertz CT molecular complexity index is 1020. The lowest BCUT2D eigenvalue weighted by Crippen LogP contribution is -2.39. The van der Waals surface area contributed by atoms with E-state index in [1.54, 1.807) is 0 Å². The highest BCUT2D eigenvalue weighted by atomic mass is 32.1. The van der Waals surface area contributed by atoms with Crippen LogP contribution in [0.5, 0.6) is 0 Å². The quantitative estimate of drug-likeness (QED) is 0.629. The van der Waals surface area contributed by atoms with Gasteiger partial charge in [0, 0.05) is 26.4 Å². The zero-order valence-corrected chi connectivity index (χ0v) is 18.1. The average Bonchev–Trinajstić information content (AvgIpc) is 3.14. The SMILES string of the molecule is CC(=O)Nc1nc2ccc(CCC(=O)N3CCC(Cc4ccccc4)CC3)cc2s1. The Kier molecular flexibility index (Phi) is 6.43. The number of fused-ring (bicyclic) bond motifs is 1. The van der Waals surface area contributed by atoms with E-state index < -0.39 is 0 Å². The first-order chi connectivity index (χ1) is 14.6. The Balaban J connectivity index is 1.27. The number of rotatable bonds is 6. The zero-order valence-electron chi connectivity index (χ0n) is 17.3. The molecule has 6 heteroatoms. The van der Waals surface area contributed by atoms with Gasteiger partial charge in [0.2, 0.25) is 11.8 Å². The van der Waals surface area contributed by atoms with Gasteiger partial charge in [0.05, 0.1) is 10.2 Å². The Labute approximate surface area is 181 Å². The second kappa shape index (κ2) is 9.39. The molecular formula is C24H27N3O2S. The van der Waals surface area contributed by atoms with Crippen LogP contribution >= 0.6 is 11.3 Å². The Hall–Kier alpha value is -2.73. The number of nitrogens with one attached hydrogen (secondary N) is 1. The molecule has 1 fully saturated rings. The molecule has 1 aliphatic rings. The van der Waals surface area contributed by atoms with Gasteiger partial charge in [-0.3, -0.25) is 9.59 Å². The number of amides is 2. The summed E-state index contributed by atoms with van der Waals surface area (Å²) in [6.45, 7) is 3.21. The fourth-order valence-corrected chi connectivity index (χ4v) is 5.05. The fourth-order valence-electron chi connectivity index (χ4n) is 4.07. The number of hydrogen-bond acceptors (Lipinski definition) is 4. The number of carbonyl (C=O) groups excluding carboxylic acids is 2. The molecule has 2 heterocycles. The second-order valence-corrected chi connectivity index (χ2v) is 9.05. The predicted octanol–water partition coefficient (Wildman–Crippen LogP) is 4.67. The maximum absolute atomic E-state index is 12.7. The van der Waals surface area contributed by atoms with Crippen LogP contribution in [0.25, 0.3) is 10.2 Å². The molecule has 0 radical (unpaired) electrons. The Morgan fingerprint density at radius 2 is 1.87 bits per heavy atom. The Morgan fingerprint density at radius 1 is 1.10 bits per heavy atom. The molecule has 2 amide bonds. The molecule has 0 aliphatic carbocycles. The number of carbonyl (C=O) groups is 2. The van der Waals surface area contributed by atoms with Crippen molar-refractivity contribution < 1.29 is 9.59 Å². The number of piperidine rings is 1. The second-order valence-electron chi connectivity index (χ2n) is 8.02. The van der Waals surface area contributed by atoms with Gasteiger partial charge < -0.3 is 10.2 Å². The van der Waals surface area contributed by atoms with E-state index in [0.29, 0.717) is 17.5 Å². The normalized spacial score (nSPS) is 14.8. The largest absolute Gasteiger partial charge is 0.343 e. The van der Waals surface area contributed by atoms with Crippen molar-refractivity contribution in [2.75, 3.05) is 18.4 Å². The maximum atomic E-state index is 12.7. The third-order valence-electron chi connectivity index (χ3n) is 5.70. The number of likely N-dealkylation sites (tertiary alicyclic amines) is 1. The molecule has 156 valence electrons. The first kappa shape index (κ1) is 20.5. The molecule has 3 aromatic rings. The van der Waals surface area contributed by atoms with Gasteiger partial charge in [0.15, 0.2) is 5.13 Å². The van der Waals surface area contributed by atoms with Crippen LogP contribution in [-0.2, 0) is 22.4 Å². The van der Waals surface area contributed by atoms with Crippen LogP contribution in [0.2, 0.25) is 0 Å². The van der Waals surface area contributed by atoms with E-state index in [2.05, 4.69) is 46.7 Å². The summed E-state index contributed by atoms with van der Waals surface area (Å²) in [4.78, 5) is 30.3. The van der Waals surface area contributed by atoms with Crippen LogP contribution in [0.1, 0.15) is 37.3 Å². The third-order valence-corrected chi connectivity index (χ3v) is 6.63. The van der Waals surface area contributed by atoms with Crippen molar-refractivity contribution in [3.63, 3.8) is 0 Å². The van der Waals surface area contributed by atoms with Gasteiger partial charge in [-0.2, -0.15) is 0 Å². The molecule has 2 aromatic carbocycles. The molecule has 1 aliphatic heterocycles. The molecule has 30 heavy (non-hydrogen) atoms. The summed E-state index contributed by atoms with van der Waals surface area (Å²) in [6, 6.07) is 16.7. The number of thiazole rings is 1. The van der Waals surface area contributed by atoms with Gasteiger partial charge in [0.25, 0.3) is 0 Å². The number of anilines is 1. The van der Waals surface area contributed by atoms with Crippen LogP contribution in [0.4, 0.5) is 5.13 Å². The molecule has 5 nitrogen and oxygen atoms in total. The highest BCUT2D eigenvalue weighted by molar-refractivity contribution is 7.22. The molecule has 0 atom stereocenters. The smallest absolute Gasteiger partial charge is 0.223 e. The van der Waals surface area contributed by atoms with E-state index >= 15 is 0 Å². The van der Waals surface area contributed by atoms with E-state index in [0.717, 1.165) is 54.6 Å². The number of hydrogen-bond donors (Lipinski definition) is 1. The minimum atomic E-state index is -0.118. The summed E-state index contributed by atoms with van der Waals surface area (Å²) >= 11 is 1.46. The van der Waals surface area contributed by atoms with E-state index in [1.165, 1.54) is 23.8 Å². The summed E-state index contributed by atoms with van der Waals surface area (Å²) in [6.07, 6.45) is 4.54. The van der Waals surface area contributed by atoms with Crippen molar-refractivity contribution in [2.45, 2.75) is 39.0 Å². The van der Waals surface area contributed by atoms with Crippen molar-refractivity contribution in [2.24, 2.45) is 5.92 Å². The summed E-state index contributed by atoms with van der Waals surface area (Å²) in [5, 5.41) is 3.35. The molecule has 0 unspecified atom stereocenters. The first-order valence-electron chi connectivity index (χ1n) is 10.6. The number of nitrogens with zero attached hydrogens (tertiary/aromatic N) is 2. The van der Waals surface area contributed by atoms with Crippen LogP contribution < -0.4 is 5.32 Å². The number of aromatic nitrogens is 1. The third kappa shape index (κ3) is 5.25. The van der Waals surface area contributed by atoms with Crippen LogP contribution in [-0.4, -0.2) is 34.8 Å². The van der Waals surface area contributed by atoms with Crippen molar-refractivity contribution >= 4 is 38.5 Å². The number of aryl methyl sites for hydroxylation is 1. The van der Waals surface area contributed by atoms with Crippen molar-refractivity contribution in [3.8, 4) is 0 Å². The molecular weight excluding hydrogens is 394 g/mol. The molecule has 1 aromatic heterocycles. The van der Waals surface area contributed by atoms with Crippen molar-refractivity contribution in [1.29, 1.82) is 0 Å². The van der Waals surface area contributed by atoms with Crippen molar-refractivity contribution in [1.82, 2.24) is 9.88 Å². The summed E-state index contributed by atoms with van der Waals surface area (Å²) in [5.41, 5.74) is 3.40. The lowest BCUT2D eigenvalue weighted by atomic mass is 9.90. The topological polar surface area (TPSA) is 62.3 Å². The van der Waals surface area contributed by atoms with E-state index in [1.807, 2.05) is 17.0 Å². The van der Waals surface area contributed by atoms with Gasteiger partial charge in [0.1, 0.15) is 0 Å². The average molecular weight is 422 g/mol. The van der Waals surface area contributed by atoms with Gasteiger partial charge in [-0.25, -0.2) is 4.98 Å². The Morgan fingerprint density at radius 3 is 2.60 bits per heavy atom. The highest BCUT2D eigenvalue weighted by Gasteiger charge is 2.22. The summed E-state index contributed by atoms with van der Waals surface area (Å²) in [7, 11) is 0. The van der Waals surface area contributed by atoms with E-state index in [-0.39, 0.29) is 11.8 Å². The monoisotopic (exact) mass is 421 g/mol. The molecule has 1 N–H and O–H groups in total. The standard InChI is InChI=1S/C24H27N3O2S/c1-17(28)25-24-26-21-9-7-19(16-22(21)30-24)8-10-23(29)27-13-11-20(12-14-27)15-18-5-3-2-4-6-18/h2-7,9,16,20H,8,10-15H2,1H3,(H,25,26,28). The lowest BCUT2D eigenvalue weighted by molar-refractivity contribution is -0.132. The maximum Gasteiger partial charge on any atom is 0.223 e. The van der Waals surface area contributed by atoms with Crippen molar-refractivity contribution in [3.05, 3.63) is 59.7 Å². The fraction of sp³-hybridized carbons (Fsp3) is 0.375. The van der Waals surface area contributed by atoms with Gasteiger partial charge in [-0.15, -0.1) is 0 Å². The zero-order chi connectivity index (χ0) is 20.9. The highest BCUT2D eigenvalue weighted by Crippen LogP contribution is 2.27. The molecule has 0 saturated carbocycles. The molecule has 1 saturated heterocycles. The van der Waals surface area contributed by atoms with Gasteiger partial charge in [-0.1, -0.05) is 47.7 Å². The minimum absolute atomic E-state index is 0.118. The molecule has 4 rings (SSSR count). The van der Waals surface area contributed by atoms with Crippen LogP contribution in [0.3, 0.4) is 0 Å². The molecule has 0 spiro atoms. The van der Waals surface area contributed by atoms with Gasteiger partial charge >= 0.3 is 0 Å². The molecule has 0 bridgehead atoms. The predicted molar refractivity (Wildman–Crippen MR) is 122 cm³/mol. The minimum Gasteiger partial charge on any atom is -0.343 e. The lowest BCUT2D eigenvalue weighted by Gasteiger charge is -2.32. The summed E-state index contributed by atoms with van der Waals surface area (Å²) in [5.74, 6) is 0.798. The first-order valence-corrected chi connectivity index (χ1v) is 11.4. The van der Waals surface area contributed by atoms with Gasteiger partial charge in [-0.05, 0) is 54.9 Å². The number of benzene rings is 2. The van der Waals surface area contributed by atoms with Crippen LogP contribution in [0.15, 0.2) is 48.5 Å². The van der Waals surface area contributed by atoms with E-state index in [4.69, 9.17) is 0 Å². The van der Waals surface area contributed by atoms with Crippen LogP contribution in [0, 0.1) is 5.92 Å². The summed E-state index contributed by atoms with van der Waals surface area (Å²) < 4.78 is 1.03.